The number of aryl methyl sites for hydroxylation is 2. The molecule has 0 saturated heterocycles. The van der Waals surface area contributed by atoms with Crippen molar-refractivity contribution in [3.05, 3.63) is 47.8 Å². The Balaban J connectivity index is 2.18. The van der Waals surface area contributed by atoms with Gasteiger partial charge in [-0.1, -0.05) is 12.1 Å². The van der Waals surface area contributed by atoms with E-state index < -0.39 is 0 Å². The molecule has 2 N–H and O–H groups in total. The van der Waals surface area contributed by atoms with Gasteiger partial charge in [0.1, 0.15) is 0 Å². The summed E-state index contributed by atoms with van der Waals surface area (Å²) < 4.78 is 1.92. The molecule has 1 aromatic heterocycles. The monoisotopic (exact) mass is 215 g/mol. The molecule has 0 saturated carbocycles. The maximum Gasteiger partial charge on any atom is 0.0648 e. The Morgan fingerprint density at radius 1 is 1.38 bits per heavy atom. The summed E-state index contributed by atoms with van der Waals surface area (Å²) in [4.78, 5) is 0. The molecule has 0 atom stereocenters. The average molecular weight is 215 g/mol. The third kappa shape index (κ3) is 2.49. The fourth-order valence-electron chi connectivity index (χ4n) is 1.71. The van der Waals surface area contributed by atoms with E-state index in [4.69, 9.17) is 5.73 Å². The van der Waals surface area contributed by atoms with Crippen LogP contribution < -0.4 is 5.73 Å². The Morgan fingerprint density at radius 3 is 3.00 bits per heavy atom. The molecule has 1 aromatic carbocycles. The first-order valence-electron chi connectivity index (χ1n) is 5.60. The van der Waals surface area contributed by atoms with Crippen LogP contribution in [0, 0.1) is 6.92 Å². The van der Waals surface area contributed by atoms with E-state index in [1.54, 1.807) is 0 Å². The number of hydrogen-bond donors (Lipinski definition) is 1. The third-order valence-corrected chi connectivity index (χ3v) is 2.57. The lowest BCUT2D eigenvalue weighted by atomic mass is 10.2. The van der Waals surface area contributed by atoms with Gasteiger partial charge in [0.05, 0.1) is 11.9 Å². The van der Waals surface area contributed by atoms with Gasteiger partial charge in [0, 0.05) is 6.20 Å². The number of nitrogens with zero attached hydrogens (tertiary/aromatic N) is 2. The van der Waals surface area contributed by atoms with Gasteiger partial charge in [-0.15, -0.1) is 0 Å². The standard InChI is InChI=1S/C13H17N3/c1-11-4-2-6-13(8-11)16-10-12(9-15-16)5-3-7-14/h2,4,6,8-10H,3,5,7,14H2,1H3. The van der Waals surface area contributed by atoms with Crippen molar-refractivity contribution in [2.45, 2.75) is 19.8 Å². The molecule has 0 radical (unpaired) electrons. The molecule has 84 valence electrons. The van der Waals surface area contributed by atoms with Crippen molar-refractivity contribution in [1.29, 1.82) is 0 Å². The van der Waals surface area contributed by atoms with Crippen LogP contribution in [-0.2, 0) is 6.42 Å². The molecule has 16 heavy (non-hydrogen) atoms. The predicted octanol–water partition coefficient (Wildman–Crippen LogP) is 2.07. The van der Waals surface area contributed by atoms with E-state index >= 15 is 0 Å². The van der Waals surface area contributed by atoms with Crippen LogP contribution in [0.2, 0.25) is 0 Å². The molecule has 2 rings (SSSR count). The summed E-state index contributed by atoms with van der Waals surface area (Å²) in [6.45, 7) is 2.82. The molecule has 0 aliphatic rings. The van der Waals surface area contributed by atoms with Crippen LogP contribution in [-0.4, -0.2) is 16.3 Å². The molecule has 0 amide bonds. The second-order valence-electron chi connectivity index (χ2n) is 4.02. The van der Waals surface area contributed by atoms with Gasteiger partial charge < -0.3 is 5.73 Å². The number of benzene rings is 1. The molecule has 3 nitrogen and oxygen atoms in total. The minimum absolute atomic E-state index is 0.732. The molecule has 0 fully saturated rings. The van der Waals surface area contributed by atoms with Gasteiger partial charge >= 0.3 is 0 Å². The zero-order chi connectivity index (χ0) is 11.4. The van der Waals surface area contributed by atoms with Crippen molar-refractivity contribution >= 4 is 0 Å². The maximum atomic E-state index is 5.49. The van der Waals surface area contributed by atoms with Gasteiger partial charge in [0.2, 0.25) is 0 Å². The van der Waals surface area contributed by atoms with E-state index in [1.807, 2.05) is 16.9 Å². The minimum Gasteiger partial charge on any atom is -0.330 e. The van der Waals surface area contributed by atoms with Crippen LogP contribution in [0.3, 0.4) is 0 Å². The lowest BCUT2D eigenvalue weighted by Gasteiger charge is -2.01. The van der Waals surface area contributed by atoms with Gasteiger partial charge in [-0.25, -0.2) is 4.68 Å². The zero-order valence-corrected chi connectivity index (χ0v) is 9.56. The molecule has 0 bridgehead atoms. The normalized spacial score (nSPS) is 10.6. The minimum atomic E-state index is 0.732. The quantitative estimate of drug-likeness (QED) is 0.848. The fourth-order valence-corrected chi connectivity index (χ4v) is 1.71. The highest BCUT2D eigenvalue weighted by Gasteiger charge is 2.00. The van der Waals surface area contributed by atoms with Gasteiger partial charge in [0.25, 0.3) is 0 Å². The largest absolute Gasteiger partial charge is 0.330 e. The average Bonchev–Trinajstić information content (AvgIpc) is 2.75. The van der Waals surface area contributed by atoms with Crippen molar-refractivity contribution in [3.8, 4) is 5.69 Å². The fraction of sp³-hybridized carbons (Fsp3) is 0.308. The molecule has 0 aliphatic carbocycles. The molecular weight excluding hydrogens is 198 g/mol. The van der Waals surface area contributed by atoms with E-state index in [0.717, 1.165) is 25.1 Å². The Morgan fingerprint density at radius 2 is 2.25 bits per heavy atom. The Labute approximate surface area is 95.9 Å². The second-order valence-corrected chi connectivity index (χ2v) is 4.02. The molecular formula is C13H17N3. The van der Waals surface area contributed by atoms with Gasteiger partial charge in [-0.2, -0.15) is 5.10 Å². The van der Waals surface area contributed by atoms with Crippen LogP contribution >= 0.6 is 0 Å². The lowest BCUT2D eigenvalue weighted by Crippen LogP contribution is -1.99. The highest BCUT2D eigenvalue weighted by molar-refractivity contribution is 5.35. The summed E-state index contributed by atoms with van der Waals surface area (Å²) in [5.74, 6) is 0. The predicted molar refractivity (Wildman–Crippen MR) is 65.7 cm³/mol. The topological polar surface area (TPSA) is 43.8 Å². The van der Waals surface area contributed by atoms with Gasteiger partial charge in [-0.05, 0) is 49.6 Å². The molecule has 1 heterocycles. The van der Waals surface area contributed by atoms with E-state index in [1.165, 1.54) is 11.1 Å². The van der Waals surface area contributed by atoms with Crippen LogP contribution in [0.4, 0.5) is 0 Å². The van der Waals surface area contributed by atoms with Crippen molar-refractivity contribution in [2.75, 3.05) is 6.54 Å². The summed E-state index contributed by atoms with van der Waals surface area (Å²) in [6, 6.07) is 8.32. The van der Waals surface area contributed by atoms with Crippen LogP contribution in [0.15, 0.2) is 36.7 Å². The molecule has 2 aromatic rings. The number of rotatable bonds is 4. The van der Waals surface area contributed by atoms with Gasteiger partial charge in [0.15, 0.2) is 0 Å². The zero-order valence-electron chi connectivity index (χ0n) is 9.56. The van der Waals surface area contributed by atoms with E-state index in [2.05, 4.69) is 36.4 Å². The van der Waals surface area contributed by atoms with Crippen LogP contribution in [0.5, 0.6) is 0 Å². The summed E-state index contributed by atoms with van der Waals surface area (Å²) in [7, 11) is 0. The summed E-state index contributed by atoms with van der Waals surface area (Å²) in [5.41, 5.74) is 9.09. The van der Waals surface area contributed by atoms with Gasteiger partial charge in [-0.3, -0.25) is 0 Å². The van der Waals surface area contributed by atoms with E-state index in [9.17, 15) is 0 Å². The smallest absolute Gasteiger partial charge is 0.0648 e. The van der Waals surface area contributed by atoms with E-state index in [-0.39, 0.29) is 0 Å². The van der Waals surface area contributed by atoms with Crippen molar-refractivity contribution < 1.29 is 0 Å². The Kier molecular flexibility index (Phi) is 3.37. The number of aromatic nitrogens is 2. The molecule has 0 unspecified atom stereocenters. The Bertz CT molecular complexity index is 460. The maximum absolute atomic E-state index is 5.49. The van der Waals surface area contributed by atoms with Crippen LogP contribution in [0.1, 0.15) is 17.5 Å². The van der Waals surface area contributed by atoms with Crippen LogP contribution in [0.25, 0.3) is 5.69 Å². The highest BCUT2D eigenvalue weighted by Crippen LogP contribution is 2.11. The van der Waals surface area contributed by atoms with Crippen molar-refractivity contribution in [1.82, 2.24) is 9.78 Å². The summed E-state index contributed by atoms with van der Waals surface area (Å²) in [5, 5.41) is 4.36. The number of nitrogens with two attached hydrogens (primary N) is 1. The molecule has 0 spiro atoms. The first-order valence-corrected chi connectivity index (χ1v) is 5.60. The third-order valence-electron chi connectivity index (χ3n) is 2.57. The highest BCUT2D eigenvalue weighted by atomic mass is 15.3. The SMILES string of the molecule is Cc1cccc(-n2cc(CCCN)cn2)c1. The van der Waals surface area contributed by atoms with Crippen molar-refractivity contribution in [2.24, 2.45) is 5.73 Å². The summed E-state index contributed by atoms with van der Waals surface area (Å²) >= 11 is 0. The first kappa shape index (κ1) is 10.9. The first-order chi connectivity index (χ1) is 7.79. The summed E-state index contributed by atoms with van der Waals surface area (Å²) in [6.07, 6.45) is 6.00. The van der Waals surface area contributed by atoms with E-state index in [0.29, 0.717) is 0 Å². The lowest BCUT2D eigenvalue weighted by molar-refractivity contribution is 0.831. The molecule has 3 heteroatoms. The molecule has 0 aliphatic heterocycles. The Hall–Kier alpha value is -1.61. The van der Waals surface area contributed by atoms with Crippen molar-refractivity contribution in [3.63, 3.8) is 0 Å². The second kappa shape index (κ2) is 4.94. The number of hydrogen-bond acceptors (Lipinski definition) is 2.